The first-order chi connectivity index (χ1) is 8.88. The Bertz CT molecular complexity index is 441. The van der Waals surface area contributed by atoms with Crippen LogP contribution < -0.4 is 0 Å². The second-order valence-corrected chi connectivity index (χ2v) is 4.20. The van der Waals surface area contributed by atoms with Crippen molar-refractivity contribution in [3.05, 3.63) is 71.8 Å². The van der Waals surface area contributed by atoms with Crippen LogP contribution in [0, 0.1) is 0 Å². The van der Waals surface area contributed by atoms with Crippen molar-refractivity contribution in [1.29, 1.82) is 0 Å². The maximum atomic E-state index is 5.81. The van der Waals surface area contributed by atoms with Crippen molar-refractivity contribution < 1.29 is 4.84 Å². The zero-order valence-electron chi connectivity index (χ0n) is 10.8. The van der Waals surface area contributed by atoms with Crippen LogP contribution in [-0.2, 0) is 18.0 Å². The van der Waals surface area contributed by atoms with Gasteiger partial charge in [-0.05, 0) is 11.1 Å². The van der Waals surface area contributed by atoms with Crippen molar-refractivity contribution in [2.24, 2.45) is 0 Å². The average molecular weight is 241 g/mol. The van der Waals surface area contributed by atoms with E-state index in [0.29, 0.717) is 6.61 Å². The molecule has 0 unspecified atom stereocenters. The van der Waals surface area contributed by atoms with Crippen LogP contribution in [0.25, 0.3) is 0 Å². The molecule has 2 nitrogen and oxygen atoms in total. The molecule has 0 amide bonds. The summed E-state index contributed by atoms with van der Waals surface area (Å²) in [6.07, 6.45) is 0. The summed E-state index contributed by atoms with van der Waals surface area (Å²) in [5.74, 6) is 0. The lowest BCUT2D eigenvalue weighted by Crippen LogP contribution is -2.23. The summed E-state index contributed by atoms with van der Waals surface area (Å²) in [6.45, 7) is 4.43. The van der Waals surface area contributed by atoms with Crippen molar-refractivity contribution in [2.75, 3.05) is 6.54 Å². The van der Waals surface area contributed by atoms with Gasteiger partial charge in [-0.25, -0.2) is 0 Å². The van der Waals surface area contributed by atoms with Crippen LogP contribution in [0.5, 0.6) is 0 Å². The van der Waals surface area contributed by atoms with Crippen molar-refractivity contribution in [3.8, 4) is 0 Å². The van der Waals surface area contributed by atoms with Gasteiger partial charge in [-0.15, -0.1) is 0 Å². The Morgan fingerprint density at radius 3 is 1.94 bits per heavy atom. The van der Waals surface area contributed by atoms with Gasteiger partial charge in [0.2, 0.25) is 0 Å². The second-order valence-electron chi connectivity index (χ2n) is 4.20. The van der Waals surface area contributed by atoms with Crippen LogP contribution in [0.2, 0.25) is 0 Å². The third-order valence-corrected chi connectivity index (χ3v) is 2.81. The van der Waals surface area contributed by atoms with E-state index in [1.165, 1.54) is 11.1 Å². The monoisotopic (exact) mass is 241 g/mol. The molecule has 0 fully saturated rings. The summed E-state index contributed by atoms with van der Waals surface area (Å²) in [7, 11) is 0. The number of nitrogens with zero attached hydrogens (tertiary/aromatic N) is 1. The minimum absolute atomic E-state index is 0.627. The molecule has 0 bridgehead atoms. The summed E-state index contributed by atoms with van der Waals surface area (Å²) in [4.78, 5) is 5.81. The summed E-state index contributed by atoms with van der Waals surface area (Å²) in [5.41, 5.74) is 2.47. The molecule has 0 radical (unpaired) electrons. The highest BCUT2D eigenvalue weighted by Gasteiger charge is 2.04. The molecule has 2 aromatic rings. The highest BCUT2D eigenvalue weighted by molar-refractivity contribution is 5.14. The fraction of sp³-hybridized carbons (Fsp3) is 0.250. The number of benzene rings is 2. The Labute approximate surface area is 109 Å². The molecule has 2 heteroatoms. The number of rotatable bonds is 6. The minimum atomic E-state index is 0.627. The Balaban J connectivity index is 1.86. The Hall–Kier alpha value is -1.64. The van der Waals surface area contributed by atoms with Gasteiger partial charge in [-0.2, -0.15) is 5.06 Å². The molecule has 2 aromatic carbocycles. The van der Waals surface area contributed by atoms with Crippen LogP contribution in [0.3, 0.4) is 0 Å². The van der Waals surface area contributed by atoms with E-state index in [0.717, 1.165) is 13.1 Å². The van der Waals surface area contributed by atoms with Gasteiger partial charge in [0.25, 0.3) is 0 Å². The van der Waals surface area contributed by atoms with Crippen molar-refractivity contribution >= 4 is 0 Å². The molecule has 0 N–H and O–H groups in total. The third kappa shape index (κ3) is 3.99. The molecule has 0 aliphatic rings. The molecule has 0 spiro atoms. The van der Waals surface area contributed by atoms with E-state index in [4.69, 9.17) is 4.84 Å². The second kappa shape index (κ2) is 6.94. The lowest BCUT2D eigenvalue weighted by atomic mass is 10.2. The highest BCUT2D eigenvalue weighted by Crippen LogP contribution is 2.07. The van der Waals surface area contributed by atoms with Crippen LogP contribution >= 0.6 is 0 Å². The van der Waals surface area contributed by atoms with E-state index >= 15 is 0 Å². The van der Waals surface area contributed by atoms with E-state index in [2.05, 4.69) is 43.3 Å². The van der Waals surface area contributed by atoms with Gasteiger partial charge in [0, 0.05) is 13.1 Å². The van der Waals surface area contributed by atoms with E-state index in [-0.39, 0.29) is 0 Å². The normalized spacial score (nSPS) is 10.8. The smallest absolute Gasteiger partial charge is 0.0936 e. The maximum Gasteiger partial charge on any atom is 0.0936 e. The standard InChI is InChI=1S/C16H19NO/c1-2-17(13-15-9-5-3-6-10-15)18-14-16-11-7-4-8-12-16/h3-12H,2,13-14H2,1H3. The largest absolute Gasteiger partial charge is 0.294 e. The van der Waals surface area contributed by atoms with Gasteiger partial charge in [0.15, 0.2) is 0 Å². The quantitative estimate of drug-likeness (QED) is 0.716. The number of hydrogen-bond donors (Lipinski definition) is 0. The molecule has 18 heavy (non-hydrogen) atoms. The molecule has 0 saturated carbocycles. The number of hydrogen-bond acceptors (Lipinski definition) is 2. The van der Waals surface area contributed by atoms with Gasteiger partial charge in [0.05, 0.1) is 6.61 Å². The lowest BCUT2D eigenvalue weighted by molar-refractivity contribution is -0.173. The minimum Gasteiger partial charge on any atom is -0.294 e. The van der Waals surface area contributed by atoms with E-state index in [9.17, 15) is 0 Å². The molecular weight excluding hydrogens is 222 g/mol. The Morgan fingerprint density at radius 2 is 1.39 bits per heavy atom. The molecule has 94 valence electrons. The van der Waals surface area contributed by atoms with Crippen molar-refractivity contribution in [3.63, 3.8) is 0 Å². The van der Waals surface area contributed by atoms with Gasteiger partial charge >= 0.3 is 0 Å². The highest BCUT2D eigenvalue weighted by atomic mass is 16.7. The Morgan fingerprint density at radius 1 is 0.833 bits per heavy atom. The average Bonchev–Trinajstić information content (AvgIpc) is 2.45. The van der Waals surface area contributed by atoms with E-state index in [1.807, 2.05) is 29.3 Å². The fourth-order valence-corrected chi connectivity index (χ4v) is 1.78. The first-order valence-electron chi connectivity index (χ1n) is 6.34. The summed E-state index contributed by atoms with van der Waals surface area (Å²) in [6, 6.07) is 20.6. The molecule has 0 atom stereocenters. The Kier molecular flexibility index (Phi) is 4.94. The molecule has 0 saturated heterocycles. The molecule has 0 aromatic heterocycles. The maximum absolute atomic E-state index is 5.81. The lowest BCUT2D eigenvalue weighted by Gasteiger charge is -2.20. The van der Waals surface area contributed by atoms with Crippen molar-refractivity contribution in [2.45, 2.75) is 20.1 Å². The summed E-state index contributed by atoms with van der Waals surface area (Å²) in [5, 5.41) is 1.99. The van der Waals surface area contributed by atoms with Gasteiger partial charge < -0.3 is 0 Å². The van der Waals surface area contributed by atoms with Crippen LogP contribution in [0.1, 0.15) is 18.1 Å². The van der Waals surface area contributed by atoms with E-state index in [1.54, 1.807) is 0 Å². The topological polar surface area (TPSA) is 12.5 Å². The molecule has 0 aliphatic heterocycles. The van der Waals surface area contributed by atoms with Crippen LogP contribution in [0.15, 0.2) is 60.7 Å². The first-order valence-corrected chi connectivity index (χ1v) is 6.34. The van der Waals surface area contributed by atoms with Gasteiger partial charge in [-0.1, -0.05) is 67.6 Å². The number of hydroxylamine groups is 2. The SMILES string of the molecule is CCN(Cc1ccccc1)OCc1ccccc1. The summed E-state index contributed by atoms with van der Waals surface area (Å²) >= 11 is 0. The molecule has 0 heterocycles. The zero-order chi connectivity index (χ0) is 12.6. The predicted octanol–water partition coefficient (Wildman–Crippen LogP) is 3.64. The van der Waals surface area contributed by atoms with Gasteiger partial charge in [0.1, 0.15) is 0 Å². The molecule has 2 rings (SSSR count). The third-order valence-electron chi connectivity index (χ3n) is 2.81. The summed E-state index contributed by atoms with van der Waals surface area (Å²) < 4.78 is 0. The predicted molar refractivity (Wildman–Crippen MR) is 73.8 cm³/mol. The first kappa shape index (κ1) is 12.8. The van der Waals surface area contributed by atoms with E-state index < -0.39 is 0 Å². The van der Waals surface area contributed by atoms with Crippen molar-refractivity contribution in [1.82, 2.24) is 5.06 Å². The van der Waals surface area contributed by atoms with Crippen LogP contribution in [0.4, 0.5) is 0 Å². The van der Waals surface area contributed by atoms with Gasteiger partial charge in [-0.3, -0.25) is 4.84 Å². The molecular formula is C16H19NO. The zero-order valence-corrected chi connectivity index (χ0v) is 10.8. The van der Waals surface area contributed by atoms with Crippen LogP contribution in [-0.4, -0.2) is 11.6 Å². The fourth-order valence-electron chi connectivity index (χ4n) is 1.78. The molecule has 0 aliphatic carbocycles.